The molecule has 136 valence electrons. The Balaban J connectivity index is 1.54. The molecule has 0 unspecified atom stereocenters. The van der Waals surface area contributed by atoms with Gasteiger partial charge in [-0.15, -0.1) is 11.3 Å². The van der Waals surface area contributed by atoms with E-state index in [9.17, 15) is 8.42 Å². The van der Waals surface area contributed by atoms with Gasteiger partial charge in [-0.3, -0.25) is 0 Å². The second kappa shape index (κ2) is 6.71. The minimum absolute atomic E-state index is 0.0326. The lowest BCUT2D eigenvalue weighted by molar-refractivity contribution is 0.171. The van der Waals surface area contributed by atoms with Gasteiger partial charge >= 0.3 is 0 Å². The monoisotopic (exact) mass is 393 g/mol. The molecule has 3 heterocycles. The van der Waals surface area contributed by atoms with Gasteiger partial charge in [-0.05, 0) is 23.6 Å². The van der Waals surface area contributed by atoms with Gasteiger partial charge in [0.2, 0.25) is 21.7 Å². The van der Waals surface area contributed by atoms with E-state index in [4.69, 9.17) is 14.0 Å². The lowest BCUT2D eigenvalue weighted by Gasteiger charge is -2.20. The molecule has 0 N–H and O–H groups in total. The molecule has 0 spiro atoms. The molecule has 0 bridgehead atoms. The molecular formula is C16H15N3O5S2. The lowest BCUT2D eigenvalue weighted by Crippen LogP contribution is -2.27. The SMILES string of the molecule is CN(Cc1nc(-c2cccs2)no1)S(=O)(=O)c1ccc2c(c1)OCCO2. The Kier molecular flexibility index (Phi) is 4.39. The highest BCUT2D eigenvalue weighted by molar-refractivity contribution is 7.89. The fraction of sp³-hybridized carbons (Fsp3) is 0.250. The molecule has 1 aliphatic heterocycles. The van der Waals surface area contributed by atoms with E-state index < -0.39 is 10.0 Å². The van der Waals surface area contributed by atoms with Gasteiger partial charge in [-0.2, -0.15) is 9.29 Å². The summed E-state index contributed by atoms with van der Waals surface area (Å²) in [5.74, 6) is 1.62. The van der Waals surface area contributed by atoms with Gasteiger partial charge in [0, 0.05) is 13.1 Å². The average Bonchev–Trinajstić information content (AvgIpc) is 3.32. The molecule has 8 nitrogen and oxygen atoms in total. The van der Waals surface area contributed by atoms with Gasteiger partial charge < -0.3 is 14.0 Å². The quantitative estimate of drug-likeness (QED) is 0.657. The van der Waals surface area contributed by atoms with Gasteiger partial charge in [0.05, 0.1) is 16.3 Å². The van der Waals surface area contributed by atoms with Crippen LogP contribution in [-0.2, 0) is 16.6 Å². The lowest BCUT2D eigenvalue weighted by atomic mass is 10.3. The van der Waals surface area contributed by atoms with Crippen molar-refractivity contribution in [2.75, 3.05) is 20.3 Å². The summed E-state index contributed by atoms with van der Waals surface area (Å²) in [5, 5.41) is 5.80. The summed E-state index contributed by atoms with van der Waals surface area (Å²) >= 11 is 1.48. The number of ether oxygens (including phenoxy) is 2. The fourth-order valence-corrected chi connectivity index (χ4v) is 4.25. The van der Waals surface area contributed by atoms with E-state index in [2.05, 4.69) is 10.1 Å². The van der Waals surface area contributed by atoms with Crippen LogP contribution in [0.4, 0.5) is 0 Å². The highest BCUT2D eigenvalue weighted by atomic mass is 32.2. The minimum Gasteiger partial charge on any atom is -0.486 e. The summed E-state index contributed by atoms with van der Waals surface area (Å²) in [7, 11) is -2.28. The Morgan fingerprint density at radius 3 is 2.77 bits per heavy atom. The molecule has 26 heavy (non-hydrogen) atoms. The summed E-state index contributed by atoms with van der Waals surface area (Å²) in [6.07, 6.45) is 0. The molecule has 0 saturated carbocycles. The highest BCUT2D eigenvalue weighted by Crippen LogP contribution is 2.33. The molecule has 4 rings (SSSR count). The van der Waals surface area contributed by atoms with Crippen LogP contribution >= 0.6 is 11.3 Å². The van der Waals surface area contributed by atoms with Crippen molar-refractivity contribution in [2.45, 2.75) is 11.4 Å². The summed E-state index contributed by atoms with van der Waals surface area (Å²) in [5.41, 5.74) is 0. The third-order valence-corrected chi connectivity index (χ3v) is 6.45. The first-order valence-corrected chi connectivity index (χ1v) is 10.1. The number of hydrogen-bond acceptors (Lipinski definition) is 8. The minimum atomic E-state index is -3.74. The number of aromatic nitrogens is 2. The molecule has 0 radical (unpaired) electrons. The number of thiophene rings is 1. The Morgan fingerprint density at radius 2 is 2.00 bits per heavy atom. The maximum absolute atomic E-state index is 12.8. The summed E-state index contributed by atoms with van der Waals surface area (Å²) in [4.78, 5) is 5.22. The molecule has 3 aromatic rings. The second-order valence-electron chi connectivity index (χ2n) is 5.56. The van der Waals surface area contributed by atoms with Crippen molar-refractivity contribution in [1.82, 2.24) is 14.4 Å². The van der Waals surface area contributed by atoms with E-state index >= 15 is 0 Å². The summed E-state index contributed by atoms with van der Waals surface area (Å²) in [6.45, 7) is 0.803. The van der Waals surface area contributed by atoms with E-state index in [1.54, 1.807) is 6.07 Å². The van der Waals surface area contributed by atoms with Crippen molar-refractivity contribution < 1.29 is 22.4 Å². The van der Waals surface area contributed by atoms with Crippen LogP contribution in [0.3, 0.4) is 0 Å². The van der Waals surface area contributed by atoms with Gasteiger partial charge in [0.15, 0.2) is 11.5 Å². The molecule has 0 atom stereocenters. The predicted molar refractivity (Wildman–Crippen MR) is 93.7 cm³/mol. The number of hydrogen-bond donors (Lipinski definition) is 0. The molecule has 10 heteroatoms. The van der Waals surface area contributed by atoms with Gasteiger partial charge in [-0.1, -0.05) is 11.2 Å². The number of benzene rings is 1. The van der Waals surface area contributed by atoms with Crippen LogP contribution in [0.15, 0.2) is 45.1 Å². The Labute approximate surface area is 154 Å². The van der Waals surface area contributed by atoms with E-state index in [-0.39, 0.29) is 17.3 Å². The molecule has 0 aliphatic carbocycles. The highest BCUT2D eigenvalue weighted by Gasteiger charge is 2.25. The largest absolute Gasteiger partial charge is 0.486 e. The van der Waals surface area contributed by atoms with E-state index in [1.165, 1.54) is 30.5 Å². The number of sulfonamides is 1. The Bertz CT molecular complexity index is 1010. The summed E-state index contributed by atoms with van der Waals surface area (Å²) in [6, 6.07) is 8.30. The molecule has 1 aromatic carbocycles. The van der Waals surface area contributed by atoms with Crippen LogP contribution in [0.1, 0.15) is 5.89 Å². The summed E-state index contributed by atoms with van der Waals surface area (Å²) < 4.78 is 42.8. The Hall–Kier alpha value is -2.43. The van der Waals surface area contributed by atoms with Crippen LogP contribution in [-0.4, -0.2) is 43.1 Å². The number of nitrogens with zero attached hydrogens (tertiary/aromatic N) is 3. The van der Waals surface area contributed by atoms with E-state index in [0.29, 0.717) is 30.5 Å². The van der Waals surface area contributed by atoms with Crippen molar-refractivity contribution in [2.24, 2.45) is 0 Å². The zero-order chi connectivity index (χ0) is 18.1. The zero-order valence-electron chi connectivity index (χ0n) is 13.8. The van der Waals surface area contributed by atoms with Crippen LogP contribution in [0.5, 0.6) is 11.5 Å². The number of fused-ring (bicyclic) bond motifs is 1. The van der Waals surface area contributed by atoms with Crippen molar-refractivity contribution in [3.8, 4) is 22.2 Å². The third-order valence-electron chi connectivity index (χ3n) is 3.79. The first-order chi connectivity index (χ1) is 12.5. The topological polar surface area (TPSA) is 94.8 Å². The van der Waals surface area contributed by atoms with Crippen molar-refractivity contribution in [3.05, 3.63) is 41.6 Å². The average molecular weight is 393 g/mol. The number of rotatable bonds is 5. The maximum Gasteiger partial charge on any atom is 0.243 e. The normalized spacial score (nSPS) is 13.9. The molecule has 1 aliphatic rings. The molecule has 2 aromatic heterocycles. The van der Waals surface area contributed by atoms with Gasteiger partial charge in [0.1, 0.15) is 13.2 Å². The van der Waals surface area contributed by atoms with Crippen LogP contribution in [0, 0.1) is 0 Å². The Morgan fingerprint density at radius 1 is 1.19 bits per heavy atom. The molecule has 0 amide bonds. The van der Waals surface area contributed by atoms with Crippen molar-refractivity contribution in [3.63, 3.8) is 0 Å². The predicted octanol–water partition coefficient (Wildman–Crippen LogP) is 2.39. The van der Waals surface area contributed by atoms with Crippen LogP contribution in [0.25, 0.3) is 10.7 Å². The first kappa shape index (κ1) is 17.0. The zero-order valence-corrected chi connectivity index (χ0v) is 15.4. The van der Waals surface area contributed by atoms with Crippen LogP contribution in [0.2, 0.25) is 0 Å². The smallest absolute Gasteiger partial charge is 0.243 e. The molecular weight excluding hydrogens is 378 g/mol. The first-order valence-electron chi connectivity index (χ1n) is 7.76. The standard InChI is InChI=1S/C16H15N3O5S2/c1-19(10-15-17-16(18-24-15)14-3-2-8-25-14)26(20,21)11-4-5-12-13(9-11)23-7-6-22-12/h2-5,8-9H,6-7,10H2,1H3. The van der Waals surface area contributed by atoms with Gasteiger partial charge in [0.25, 0.3) is 0 Å². The fourth-order valence-electron chi connectivity index (χ4n) is 2.46. The van der Waals surface area contributed by atoms with Crippen molar-refractivity contribution >= 4 is 21.4 Å². The van der Waals surface area contributed by atoms with Crippen LogP contribution < -0.4 is 9.47 Å². The second-order valence-corrected chi connectivity index (χ2v) is 8.55. The van der Waals surface area contributed by atoms with E-state index in [0.717, 1.165) is 9.18 Å². The van der Waals surface area contributed by atoms with Crippen molar-refractivity contribution in [1.29, 1.82) is 0 Å². The maximum atomic E-state index is 12.8. The molecule has 0 fully saturated rings. The van der Waals surface area contributed by atoms with Gasteiger partial charge in [-0.25, -0.2) is 8.42 Å². The van der Waals surface area contributed by atoms with E-state index in [1.807, 2.05) is 17.5 Å². The third kappa shape index (κ3) is 3.18. The molecule has 0 saturated heterocycles.